The van der Waals surface area contributed by atoms with Gasteiger partial charge in [0.25, 0.3) is 5.91 Å². The third kappa shape index (κ3) is 2.27. The van der Waals surface area contributed by atoms with Crippen LogP contribution in [-0.4, -0.2) is 27.5 Å². The summed E-state index contributed by atoms with van der Waals surface area (Å²) in [6.45, 7) is 0. The average molecular weight is 272 g/mol. The highest BCUT2D eigenvalue weighted by Crippen LogP contribution is 2.35. The number of benzene rings is 1. The second kappa shape index (κ2) is 4.67. The van der Waals surface area contributed by atoms with Crippen molar-refractivity contribution in [2.24, 2.45) is 0 Å². The van der Waals surface area contributed by atoms with Crippen molar-refractivity contribution < 1.29 is 14.7 Å². The van der Waals surface area contributed by atoms with Crippen LogP contribution in [0.2, 0.25) is 0 Å². The molecule has 0 radical (unpaired) electrons. The molecule has 0 unspecified atom stereocenters. The van der Waals surface area contributed by atoms with Crippen molar-refractivity contribution in [2.75, 3.05) is 0 Å². The number of para-hydroxylation sites is 1. The Labute approximate surface area is 116 Å². The van der Waals surface area contributed by atoms with Gasteiger partial charge in [0, 0.05) is 10.9 Å². The summed E-state index contributed by atoms with van der Waals surface area (Å²) in [5.74, 6) is -1.11. The van der Waals surface area contributed by atoms with Crippen LogP contribution in [0, 0.1) is 0 Å². The SMILES string of the molecule is O=C(O)CC1(NC(=O)c2cc3ccccc3[nH]2)CCC1. The van der Waals surface area contributed by atoms with Crippen LogP contribution in [0.25, 0.3) is 10.9 Å². The monoisotopic (exact) mass is 272 g/mol. The van der Waals surface area contributed by atoms with Crippen molar-refractivity contribution in [1.82, 2.24) is 10.3 Å². The largest absolute Gasteiger partial charge is 0.481 e. The van der Waals surface area contributed by atoms with E-state index in [0.29, 0.717) is 5.69 Å². The topological polar surface area (TPSA) is 82.2 Å². The van der Waals surface area contributed by atoms with Crippen LogP contribution in [0.3, 0.4) is 0 Å². The maximum absolute atomic E-state index is 12.3. The number of carboxylic acids is 1. The van der Waals surface area contributed by atoms with E-state index in [-0.39, 0.29) is 12.3 Å². The van der Waals surface area contributed by atoms with Crippen molar-refractivity contribution in [3.05, 3.63) is 36.0 Å². The van der Waals surface area contributed by atoms with Crippen LogP contribution in [0.1, 0.15) is 36.2 Å². The molecule has 5 heteroatoms. The summed E-state index contributed by atoms with van der Waals surface area (Å²) >= 11 is 0. The van der Waals surface area contributed by atoms with Gasteiger partial charge in [0.1, 0.15) is 5.69 Å². The van der Waals surface area contributed by atoms with Gasteiger partial charge in [-0.2, -0.15) is 0 Å². The zero-order chi connectivity index (χ0) is 14.2. The first kappa shape index (κ1) is 12.7. The predicted octanol–water partition coefficient (Wildman–Crippen LogP) is 2.30. The fourth-order valence-corrected chi connectivity index (χ4v) is 2.74. The van der Waals surface area contributed by atoms with Gasteiger partial charge in [0.2, 0.25) is 0 Å². The summed E-state index contributed by atoms with van der Waals surface area (Å²) in [4.78, 5) is 26.2. The van der Waals surface area contributed by atoms with Crippen molar-refractivity contribution >= 4 is 22.8 Å². The summed E-state index contributed by atoms with van der Waals surface area (Å²) in [6.07, 6.45) is 2.40. The number of aromatic amines is 1. The van der Waals surface area contributed by atoms with E-state index < -0.39 is 11.5 Å². The molecule has 0 bridgehead atoms. The Kier molecular flexibility index (Phi) is 2.97. The van der Waals surface area contributed by atoms with Crippen LogP contribution in [0.4, 0.5) is 0 Å². The summed E-state index contributed by atoms with van der Waals surface area (Å²) in [6, 6.07) is 9.44. The van der Waals surface area contributed by atoms with E-state index in [1.165, 1.54) is 0 Å². The first-order chi connectivity index (χ1) is 9.58. The number of carbonyl (C=O) groups excluding carboxylic acids is 1. The smallest absolute Gasteiger partial charge is 0.305 e. The van der Waals surface area contributed by atoms with Gasteiger partial charge >= 0.3 is 5.97 Å². The minimum atomic E-state index is -0.873. The fourth-order valence-electron chi connectivity index (χ4n) is 2.74. The second-order valence-electron chi connectivity index (χ2n) is 5.43. The Hall–Kier alpha value is -2.30. The molecule has 1 fully saturated rings. The lowest BCUT2D eigenvalue weighted by atomic mass is 9.74. The maximum atomic E-state index is 12.3. The van der Waals surface area contributed by atoms with Gasteiger partial charge in [-0.1, -0.05) is 18.2 Å². The van der Waals surface area contributed by atoms with E-state index in [9.17, 15) is 9.59 Å². The van der Waals surface area contributed by atoms with Crippen molar-refractivity contribution in [3.63, 3.8) is 0 Å². The van der Waals surface area contributed by atoms with Crippen LogP contribution in [0.5, 0.6) is 0 Å². The van der Waals surface area contributed by atoms with E-state index in [1.54, 1.807) is 6.07 Å². The summed E-state index contributed by atoms with van der Waals surface area (Å²) in [7, 11) is 0. The van der Waals surface area contributed by atoms with E-state index in [1.807, 2.05) is 24.3 Å². The zero-order valence-corrected chi connectivity index (χ0v) is 11.0. The lowest BCUT2D eigenvalue weighted by molar-refractivity contribution is -0.139. The Morgan fingerprint density at radius 3 is 2.65 bits per heavy atom. The summed E-state index contributed by atoms with van der Waals surface area (Å²) in [5.41, 5.74) is 0.807. The Morgan fingerprint density at radius 2 is 2.05 bits per heavy atom. The fraction of sp³-hybridized carbons (Fsp3) is 0.333. The van der Waals surface area contributed by atoms with E-state index in [4.69, 9.17) is 5.11 Å². The number of carboxylic acid groups (broad SMARTS) is 1. The molecule has 0 atom stereocenters. The number of carbonyl (C=O) groups is 2. The number of hydrogen-bond donors (Lipinski definition) is 3. The molecule has 3 rings (SSSR count). The molecule has 1 amide bonds. The van der Waals surface area contributed by atoms with Crippen LogP contribution < -0.4 is 5.32 Å². The van der Waals surface area contributed by atoms with Gasteiger partial charge in [0.05, 0.1) is 12.0 Å². The molecule has 0 aliphatic heterocycles. The van der Waals surface area contributed by atoms with Crippen molar-refractivity contribution in [2.45, 2.75) is 31.2 Å². The molecule has 1 saturated carbocycles. The maximum Gasteiger partial charge on any atom is 0.305 e. The van der Waals surface area contributed by atoms with Gasteiger partial charge in [-0.05, 0) is 31.4 Å². The number of aliphatic carboxylic acids is 1. The standard InChI is InChI=1S/C15H16N2O3/c18-13(19)9-15(6-3-7-15)17-14(20)12-8-10-4-1-2-5-11(10)16-12/h1-2,4-5,8,16H,3,6-7,9H2,(H,17,20)(H,18,19). The highest BCUT2D eigenvalue weighted by molar-refractivity contribution is 5.98. The number of fused-ring (bicyclic) bond motifs is 1. The number of rotatable bonds is 4. The molecule has 1 aromatic heterocycles. The molecule has 104 valence electrons. The van der Waals surface area contributed by atoms with Crippen LogP contribution >= 0.6 is 0 Å². The van der Waals surface area contributed by atoms with E-state index in [0.717, 1.165) is 30.2 Å². The minimum absolute atomic E-state index is 0.0149. The van der Waals surface area contributed by atoms with Gasteiger partial charge < -0.3 is 15.4 Å². The van der Waals surface area contributed by atoms with Gasteiger partial charge in [-0.25, -0.2) is 0 Å². The average Bonchev–Trinajstić information content (AvgIpc) is 2.79. The lowest BCUT2D eigenvalue weighted by Crippen LogP contribution is -2.54. The summed E-state index contributed by atoms with van der Waals surface area (Å²) in [5, 5.41) is 12.8. The Morgan fingerprint density at radius 1 is 1.30 bits per heavy atom. The molecule has 1 aliphatic rings. The molecule has 1 aromatic carbocycles. The van der Waals surface area contributed by atoms with Crippen LogP contribution in [-0.2, 0) is 4.79 Å². The highest BCUT2D eigenvalue weighted by Gasteiger charge is 2.40. The quantitative estimate of drug-likeness (QED) is 0.798. The summed E-state index contributed by atoms with van der Waals surface area (Å²) < 4.78 is 0. The first-order valence-electron chi connectivity index (χ1n) is 6.70. The number of H-pyrrole nitrogens is 1. The van der Waals surface area contributed by atoms with Gasteiger partial charge in [-0.15, -0.1) is 0 Å². The van der Waals surface area contributed by atoms with E-state index >= 15 is 0 Å². The third-order valence-electron chi connectivity index (χ3n) is 3.95. The highest BCUT2D eigenvalue weighted by atomic mass is 16.4. The minimum Gasteiger partial charge on any atom is -0.481 e. The zero-order valence-electron chi connectivity index (χ0n) is 11.0. The molecule has 20 heavy (non-hydrogen) atoms. The third-order valence-corrected chi connectivity index (χ3v) is 3.95. The first-order valence-corrected chi connectivity index (χ1v) is 6.70. The van der Waals surface area contributed by atoms with Gasteiger partial charge in [0.15, 0.2) is 0 Å². The van der Waals surface area contributed by atoms with E-state index in [2.05, 4.69) is 10.3 Å². The Balaban J connectivity index is 1.80. The molecule has 5 nitrogen and oxygen atoms in total. The molecule has 2 aromatic rings. The molecular weight excluding hydrogens is 256 g/mol. The predicted molar refractivity (Wildman–Crippen MR) is 74.6 cm³/mol. The lowest BCUT2D eigenvalue weighted by Gasteiger charge is -2.41. The number of amides is 1. The van der Waals surface area contributed by atoms with Crippen molar-refractivity contribution in [1.29, 1.82) is 0 Å². The van der Waals surface area contributed by atoms with Crippen molar-refractivity contribution in [3.8, 4) is 0 Å². The second-order valence-corrected chi connectivity index (χ2v) is 5.43. The van der Waals surface area contributed by atoms with Gasteiger partial charge in [-0.3, -0.25) is 9.59 Å². The van der Waals surface area contributed by atoms with Crippen LogP contribution in [0.15, 0.2) is 30.3 Å². The molecule has 1 heterocycles. The Bertz CT molecular complexity index is 638. The normalized spacial score (nSPS) is 16.6. The number of nitrogens with one attached hydrogen (secondary N) is 2. The molecular formula is C15H16N2O3. The molecule has 0 saturated heterocycles. The number of aromatic nitrogens is 1. The molecule has 0 spiro atoms. The molecule has 3 N–H and O–H groups in total. The molecule has 1 aliphatic carbocycles. The number of hydrogen-bond acceptors (Lipinski definition) is 2.